The average molecular weight is 725 g/mol. The normalized spacial score (nSPS) is 16.7. The summed E-state index contributed by atoms with van der Waals surface area (Å²) in [7, 11) is -7.19. The molecule has 5 aromatic rings. The molecule has 0 radical (unpaired) electrons. The molecule has 12 nitrogen and oxygen atoms in total. The van der Waals surface area contributed by atoms with Crippen LogP contribution in [0.4, 0.5) is 10.3 Å². The topological polar surface area (TPSA) is 159 Å². The first kappa shape index (κ1) is 32.7. The molecule has 0 saturated carbocycles. The van der Waals surface area contributed by atoms with Crippen LogP contribution >= 0.6 is 22.7 Å². The lowest BCUT2D eigenvalue weighted by molar-refractivity contribution is 0.101. The number of benzene rings is 3. The Balaban J connectivity index is 1.000. The predicted molar refractivity (Wildman–Crippen MR) is 187 cm³/mol. The molecule has 2 amide bonds. The minimum absolute atomic E-state index is 0.212. The molecule has 2 aromatic heterocycles. The Labute approximate surface area is 285 Å². The number of amides is 2. The van der Waals surface area contributed by atoms with Crippen LogP contribution in [0.1, 0.15) is 59.2 Å². The molecule has 4 heterocycles. The molecule has 0 aliphatic carbocycles. The molecule has 2 aliphatic rings. The summed E-state index contributed by atoms with van der Waals surface area (Å²) in [5.41, 5.74) is 1.77. The Morgan fingerprint density at radius 3 is 1.31 bits per heavy atom. The van der Waals surface area contributed by atoms with Crippen molar-refractivity contribution in [3.63, 3.8) is 0 Å². The number of nitrogens with one attached hydrogen (secondary N) is 2. The lowest BCUT2D eigenvalue weighted by atomic mass is 10.1. The van der Waals surface area contributed by atoms with Gasteiger partial charge in [-0.3, -0.25) is 20.2 Å². The van der Waals surface area contributed by atoms with Crippen molar-refractivity contribution in [1.82, 2.24) is 18.6 Å². The number of sulfonamides is 2. The zero-order valence-electron chi connectivity index (χ0n) is 25.7. The third kappa shape index (κ3) is 6.60. The smallest absolute Gasteiger partial charge is 0.257 e. The largest absolute Gasteiger partial charge is 0.298 e. The highest BCUT2D eigenvalue weighted by Crippen LogP contribution is 2.32. The van der Waals surface area contributed by atoms with Gasteiger partial charge in [-0.15, -0.1) is 0 Å². The molecule has 0 unspecified atom stereocenters. The molecule has 2 N–H and O–H groups in total. The number of carbonyl (C=O) groups is 2. The van der Waals surface area contributed by atoms with Crippen LogP contribution < -0.4 is 10.6 Å². The van der Waals surface area contributed by atoms with Crippen molar-refractivity contribution in [3.8, 4) is 0 Å². The highest BCUT2D eigenvalue weighted by molar-refractivity contribution is 7.89. The summed E-state index contributed by atoms with van der Waals surface area (Å²) in [6, 6.07) is 15.7. The molecule has 16 heteroatoms. The number of thiazole rings is 2. The summed E-state index contributed by atoms with van der Waals surface area (Å²) in [4.78, 5) is 35.3. The zero-order valence-corrected chi connectivity index (χ0v) is 29.0. The maximum absolute atomic E-state index is 13.1. The summed E-state index contributed by atoms with van der Waals surface area (Å²) in [6.07, 6.45) is 5.46. The van der Waals surface area contributed by atoms with Crippen LogP contribution in [0, 0.1) is 0 Å². The van der Waals surface area contributed by atoms with Crippen LogP contribution in [0.5, 0.6) is 0 Å². The fourth-order valence-electron chi connectivity index (χ4n) is 5.86. The number of hydrogen-bond donors (Lipinski definition) is 2. The lowest BCUT2D eigenvalue weighted by Crippen LogP contribution is -2.35. The molecule has 48 heavy (non-hydrogen) atoms. The average Bonchev–Trinajstić information content (AvgIpc) is 3.71. The fraction of sp³-hybridized carbons (Fsp3) is 0.312. The van der Waals surface area contributed by atoms with Gasteiger partial charge in [0.15, 0.2) is 10.3 Å². The maximum Gasteiger partial charge on any atom is 0.257 e. The third-order valence-electron chi connectivity index (χ3n) is 8.48. The van der Waals surface area contributed by atoms with Gasteiger partial charge in [0.2, 0.25) is 20.0 Å². The molecule has 2 fully saturated rings. The minimum atomic E-state index is -3.59. The number of hydrogen-bond acceptors (Lipinski definition) is 10. The summed E-state index contributed by atoms with van der Waals surface area (Å²) in [5.74, 6) is -0.854. The third-order valence-corrected chi connectivity index (χ3v) is 14.1. The summed E-state index contributed by atoms with van der Waals surface area (Å²) in [5, 5.41) is 6.18. The van der Waals surface area contributed by atoms with Gasteiger partial charge in [-0.25, -0.2) is 26.8 Å². The van der Waals surface area contributed by atoms with Crippen LogP contribution in [-0.4, -0.2) is 73.4 Å². The van der Waals surface area contributed by atoms with Crippen molar-refractivity contribution in [2.75, 3.05) is 36.8 Å². The van der Waals surface area contributed by atoms with E-state index in [-0.39, 0.29) is 9.79 Å². The first-order chi connectivity index (χ1) is 23.1. The highest BCUT2D eigenvalue weighted by atomic mass is 32.2. The second kappa shape index (κ2) is 13.2. The second-order valence-electron chi connectivity index (χ2n) is 11.7. The molecule has 7 rings (SSSR count). The second-order valence-corrected chi connectivity index (χ2v) is 17.6. The van der Waals surface area contributed by atoms with Crippen molar-refractivity contribution >= 4 is 85.2 Å². The van der Waals surface area contributed by atoms with E-state index in [2.05, 4.69) is 20.6 Å². The number of nitrogens with zero attached hydrogens (tertiary/aromatic N) is 4. The van der Waals surface area contributed by atoms with E-state index in [0.717, 1.165) is 38.5 Å². The van der Waals surface area contributed by atoms with Crippen molar-refractivity contribution in [3.05, 3.63) is 71.8 Å². The van der Waals surface area contributed by atoms with Crippen LogP contribution in [0.2, 0.25) is 0 Å². The first-order valence-electron chi connectivity index (χ1n) is 15.6. The first-order valence-corrected chi connectivity index (χ1v) is 20.1. The molecular formula is C32H32N6O6S4. The van der Waals surface area contributed by atoms with Gasteiger partial charge in [0.1, 0.15) is 0 Å². The van der Waals surface area contributed by atoms with Crippen molar-refractivity contribution in [2.24, 2.45) is 0 Å². The molecule has 3 aromatic carbocycles. The number of aromatic nitrogens is 2. The fourth-order valence-corrected chi connectivity index (χ4v) is 10.9. The van der Waals surface area contributed by atoms with E-state index in [9.17, 15) is 26.4 Å². The van der Waals surface area contributed by atoms with Crippen LogP contribution in [0.25, 0.3) is 20.4 Å². The summed E-state index contributed by atoms with van der Waals surface area (Å²) in [6.45, 7) is 2.06. The predicted octanol–water partition coefficient (Wildman–Crippen LogP) is 5.76. The molecule has 2 saturated heterocycles. The van der Waals surface area contributed by atoms with Gasteiger partial charge in [-0.1, -0.05) is 35.5 Å². The van der Waals surface area contributed by atoms with Gasteiger partial charge >= 0.3 is 0 Å². The molecule has 0 bridgehead atoms. The Hall–Kier alpha value is -3.80. The lowest BCUT2D eigenvalue weighted by Gasteiger charge is -2.25. The maximum atomic E-state index is 13.1. The van der Waals surface area contributed by atoms with Crippen molar-refractivity contribution in [2.45, 2.75) is 48.3 Å². The number of anilines is 2. The monoisotopic (exact) mass is 724 g/mol. The number of piperidine rings is 2. The molecule has 0 spiro atoms. The summed E-state index contributed by atoms with van der Waals surface area (Å²) < 4.78 is 56.7. The van der Waals surface area contributed by atoms with E-state index in [1.165, 1.54) is 55.5 Å². The van der Waals surface area contributed by atoms with E-state index in [0.29, 0.717) is 68.0 Å². The molecule has 250 valence electrons. The van der Waals surface area contributed by atoms with E-state index in [4.69, 9.17) is 0 Å². The van der Waals surface area contributed by atoms with Crippen molar-refractivity contribution in [1.29, 1.82) is 0 Å². The van der Waals surface area contributed by atoms with E-state index < -0.39 is 31.9 Å². The van der Waals surface area contributed by atoms with E-state index in [1.807, 2.05) is 0 Å². The standard InChI is InChI=1S/C32H32N6O6S4/c39-29(35-31-33-25-13-11-23(19-27(25)45-31)47(41,42)37-15-3-1-4-16-37)21-7-9-22(10-8-21)30(40)36-32-34-26-14-12-24(20-28(26)46-32)48(43,44)38-17-5-2-6-18-38/h7-14,19-20H,1-6,15-18H2,(H,33,35,39)(H,34,36,40). The highest BCUT2D eigenvalue weighted by Gasteiger charge is 2.28. The van der Waals surface area contributed by atoms with Gasteiger partial charge < -0.3 is 0 Å². The quantitative estimate of drug-likeness (QED) is 0.205. The van der Waals surface area contributed by atoms with Gasteiger partial charge in [0.25, 0.3) is 11.8 Å². The molecular weight excluding hydrogens is 693 g/mol. The SMILES string of the molecule is O=C(Nc1nc2ccc(S(=O)(=O)N3CCCCC3)cc2s1)c1ccc(C(=O)Nc2nc3ccc(S(=O)(=O)N4CCCCC4)cc3s2)cc1. The number of carbonyl (C=O) groups excluding carboxylic acids is 2. The van der Waals surface area contributed by atoms with E-state index >= 15 is 0 Å². The van der Waals surface area contributed by atoms with E-state index in [1.54, 1.807) is 36.4 Å². The Bertz CT molecular complexity index is 2080. The molecule has 0 atom stereocenters. The van der Waals surface area contributed by atoms with Gasteiger partial charge in [-0.05, 0) is 86.3 Å². The number of rotatable bonds is 8. The van der Waals surface area contributed by atoms with Crippen LogP contribution in [0.3, 0.4) is 0 Å². The van der Waals surface area contributed by atoms with Crippen LogP contribution in [0.15, 0.2) is 70.5 Å². The van der Waals surface area contributed by atoms with Gasteiger partial charge in [0.05, 0.1) is 30.2 Å². The summed E-state index contributed by atoms with van der Waals surface area (Å²) >= 11 is 2.37. The minimum Gasteiger partial charge on any atom is -0.298 e. The Morgan fingerprint density at radius 2 is 0.938 bits per heavy atom. The van der Waals surface area contributed by atoms with Crippen molar-refractivity contribution < 1.29 is 26.4 Å². The Kier molecular flexibility index (Phi) is 9.04. The zero-order chi connectivity index (χ0) is 33.5. The van der Waals surface area contributed by atoms with Crippen LogP contribution in [-0.2, 0) is 20.0 Å². The van der Waals surface area contributed by atoms with Gasteiger partial charge in [0, 0.05) is 37.3 Å². The number of fused-ring (bicyclic) bond motifs is 2. The van der Waals surface area contributed by atoms with Gasteiger partial charge in [-0.2, -0.15) is 8.61 Å². The Morgan fingerprint density at radius 1 is 0.562 bits per heavy atom. The molecule has 2 aliphatic heterocycles.